The zero-order valence-electron chi connectivity index (χ0n) is 25.9. The number of para-hydroxylation sites is 1. The summed E-state index contributed by atoms with van der Waals surface area (Å²) in [5.74, 6) is 0.719. The van der Waals surface area contributed by atoms with Gasteiger partial charge in [-0.15, -0.1) is 0 Å². The summed E-state index contributed by atoms with van der Waals surface area (Å²) < 4.78 is 8.47. The predicted octanol–water partition coefficient (Wildman–Crippen LogP) is 11.0. The van der Waals surface area contributed by atoms with Gasteiger partial charge in [-0.1, -0.05) is 103 Å². The van der Waals surface area contributed by atoms with Crippen molar-refractivity contribution in [1.82, 2.24) is 4.57 Å². The first-order chi connectivity index (χ1) is 22.5. The van der Waals surface area contributed by atoms with Crippen molar-refractivity contribution in [1.29, 1.82) is 0 Å². The van der Waals surface area contributed by atoms with Gasteiger partial charge in [-0.05, 0) is 100 Å². The second kappa shape index (κ2) is 10.2. The van der Waals surface area contributed by atoms with Crippen molar-refractivity contribution in [2.45, 2.75) is 19.4 Å². The first-order valence-corrected chi connectivity index (χ1v) is 15.9. The van der Waals surface area contributed by atoms with Gasteiger partial charge in [0, 0.05) is 22.0 Å². The van der Waals surface area contributed by atoms with Crippen molar-refractivity contribution in [3.63, 3.8) is 0 Å². The number of aliphatic imine (C=N–C) groups is 1. The van der Waals surface area contributed by atoms with Crippen molar-refractivity contribution in [3.05, 3.63) is 151 Å². The third kappa shape index (κ3) is 4.31. The fourth-order valence-corrected chi connectivity index (χ4v) is 7.07. The Hall–Kier alpha value is -5.67. The standard InChI is InChI=1S/C43H32N2O/c1-43(2)27-46-42(44-43)33-14-10-13-32(24-33)38-26-40-41(36-18-9-8-17-35(36)38)37-22-21-31(25-39(37)45(40)34-15-4-3-5-16-34)30-20-19-28-11-6-7-12-29(28)23-30/h3-26H,27H2,1-2H3. The molecule has 0 aliphatic carbocycles. The van der Waals surface area contributed by atoms with E-state index in [1.165, 1.54) is 60.0 Å². The number of rotatable bonds is 4. The van der Waals surface area contributed by atoms with Gasteiger partial charge in [-0.2, -0.15) is 0 Å². The summed E-state index contributed by atoms with van der Waals surface area (Å²) in [6.45, 7) is 4.82. The van der Waals surface area contributed by atoms with E-state index in [-0.39, 0.29) is 5.54 Å². The number of benzene rings is 7. The van der Waals surface area contributed by atoms with Crippen LogP contribution in [0.5, 0.6) is 0 Å². The molecule has 220 valence electrons. The zero-order valence-corrected chi connectivity index (χ0v) is 25.9. The topological polar surface area (TPSA) is 26.5 Å². The molecule has 0 saturated heterocycles. The highest BCUT2D eigenvalue weighted by Crippen LogP contribution is 2.42. The largest absolute Gasteiger partial charge is 0.475 e. The Bertz CT molecular complexity index is 2500. The van der Waals surface area contributed by atoms with Crippen LogP contribution in [-0.4, -0.2) is 22.6 Å². The van der Waals surface area contributed by atoms with Crippen molar-refractivity contribution >= 4 is 49.2 Å². The summed E-state index contributed by atoms with van der Waals surface area (Å²) in [6.07, 6.45) is 0. The van der Waals surface area contributed by atoms with Crippen LogP contribution in [0.1, 0.15) is 19.4 Å². The summed E-state index contributed by atoms with van der Waals surface area (Å²) in [6, 6.07) is 52.8. The molecule has 2 heterocycles. The van der Waals surface area contributed by atoms with Gasteiger partial charge in [-0.3, -0.25) is 0 Å². The average Bonchev–Trinajstić information content (AvgIpc) is 3.64. The maximum absolute atomic E-state index is 6.04. The first kappa shape index (κ1) is 26.7. The minimum absolute atomic E-state index is 0.209. The van der Waals surface area contributed by atoms with Crippen LogP contribution in [-0.2, 0) is 4.74 Å². The van der Waals surface area contributed by atoms with E-state index in [9.17, 15) is 0 Å². The molecule has 1 aliphatic rings. The molecular formula is C43H32N2O. The lowest BCUT2D eigenvalue weighted by atomic mass is 9.93. The smallest absolute Gasteiger partial charge is 0.216 e. The molecule has 1 aliphatic heterocycles. The summed E-state index contributed by atoms with van der Waals surface area (Å²) >= 11 is 0. The molecule has 0 N–H and O–H groups in total. The summed E-state index contributed by atoms with van der Waals surface area (Å²) in [5, 5.41) is 7.49. The Labute approximate surface area is 268 Å². The van der Waals surface area contributed by atoms with E-state index in [1.54, 1.807) is 0 Å². The highest BCUT2D eigenvalue weighted by Gasteiger charge is 2.27. The molecule has 0 spiro atoms. The average molecular weight is 593 g/mol. The van der Waals surface area contributed by atoms with Gasteiger partial charge in [0.15, 0.2) is 0 Å². The van der Waals surface area contributed by atoms with Gasteiger partial charge in [0.2, 0.25) is 5.90 Å². The zero-order chi connectivity index (χ0) is 30.8. The van der Waals surface area contributed by atoms with E-state index in [0.29, 0.717) is 6.61 Å². The van der Waals surface area contributed by atoms with Gasteiger partial charge in [0.25, 0.3) is 0 Å². The van der Waals surface area contributed by atoms with E-state index < -0.39 is 0 Å². The maximum atomic E-state index is 6.04. The van der Waals surface area contributed by atoms with Gasteiger partial charge >= 0.3 is 0 Å². The summed E-state index contributed by atoms with van der Waals surface area (Å²) in [7, 11) is 0. The highest BCUT2D eigenvalue weighted by atomic mass is 16.5. The van der Waals surface area contributed by atoms with Crippen LogP contribution in [0.2, 0.25) is 0 Å². The molecule has 0 amide bonds. The molecule has 46 heavy (non-hydrogen) atoms. The fourth-order valence-electron chi connectivity index (χ4n) is 7.07. The van der Waals surface area contributed by atoms with Crippen LogP contribution < -0.4 is 0 Å². The number of hydrogen-bond donors (Lipinski definition) is 0. The SMILES string of the molecule is CC1(C)COC(c2cccc(-c3cc4c(c5ccccc35)c3ccc(-c5ccc6ccccc6c5)cc3n4-c3ccccc3)c2)=N1. The Morgan fingerprint density at radius 3 is 2.09 bits per heavy atom. The molecule has 0 atom stereocenters. The fraction of sp³-hybridized carbons (Fsp3) is 0.0930. The molecule has 9 rings (SSSR count). The lowest BCUT2D eigenvalue weighted by molar-refractivity contribution is 0.279. The van der Waals surface area contributed by atoms with Gasteiger partial charge in [0.1, 0.15) is 6.61 Å². The van der Waals surface area contributed by atoms with Gasteiger partial charge in [-0.25, -0.2) is 4.99 Å². The Morgan fingerprint density at radius 2 is 1.26 bits per heavy atom. The van der Waals surface area contributed by atoms with Crippen LogP contribution in [0.15, 0.2) is 151 Å². The number of fused-ring (bicyclic) bond motifs is 6. The van der Waals surface area contributed by atoms with E-state index in [2.05, 4.69) is 164 Å². The van der Waals surface area contributed by atoms with Crippen molar-refractivity contribution < 1.29 is 4.74 Å². The summed E-state index contributed by atoms with van der Waals surface area (Å²) in [5.41, 5.74) is 9.08. The molecule has 0 unspecified atom stereocenters. The van der Waals surface area contributed by atoms with Crippen molar-refractivity contribution in [2.75, 3.05) is 6.61 Å². The number of nitrogens with zero attached hydrogens (tertiary/aromatic N) is 2. The van der Waals surface area contributed by atoms with E-state index in [1.807, 2.05) is 0 Å². The monoisotopic (exact) mass is 592 g/mol. The maximum Gasteiger partial charge on any atom is 0.216 e. The minimum atomic E-state index is -0.209. The second-order valence-corrected chi connectivity index (χ2v) is 12.9. The molecule has 8 aromatic rings. The second-order valence-electron chi connectivity index (χ2n) is 12.9. The number of ether oxygens (including phenoxy) is 1. The molecule has 0 saturated carbocycles. The van der Waals surface area contributed by atoms with Crippen LogP contribution in [0.4, 0.5) is 0 Å². The van der Waals surface area contributed by atoms with Crippen molar-refractivity contribution in [3.8, 4) is 27.9 Å². The quantitative estimate of drug-likeness (QED) is 0.200. The van der Waals surface area contributed by atoms with E-state index in [0.717, 1.165) is 22.7 Å². The molecular weight excluding hydrogens is 560 g/mol. The van der Waals surface area contributed by atoms with E-state index >= 15 is 0 Å². The van der Waals surface area contributed by atoms with E-state index in [4.69, 9.17) is 9.73 Å². The minimum Gasteiger partial charge on any atom is -0.475 e. The molecule has 1 aromatic heterocycles. The molecule has 3 heteroatoms. The molecule has 0 bridgehead atoms. The first-order valence-electron chi connectivity index (χ1n) is 15.9. The number of aromatic nitrogens is 1. The molecule has 7 aromatic carbocycles. The predicted molar refractivity (Wildman–Crippen MR) is 193 cm³/mol. The van der Waals surface area contributed by atoms with Crippen LogP contribution >= 0.6 is 0 Å². The molecule has 0 fully saturated rings. The van der Waals surface area contributed by atoms with Crippen LogP contribution in [0.25, 0.3) is 71.3 Å². The summed E-state index contributed by atoms with van der Waals surface area (Å²) in [4.78, 5) is 4.86. The van der Waals surface area contributed by atoms with Gasteiger partial charge < -0.3 is 9.30 Å². The van der Waals surface area contributed by atoms with Crippen LogP contribution in [0.3, 0.4) is 0 Å². The Kier molecular flexibility index (Phi) is 5.91. The third-order valence-corrected chi connectivity index (χ3v) is 9.26. The molecule has 3 nitrogen and oxygen atoms in total. The molecule has 0 radical (unpaired) electrons. The third-order valence-electron chi connectivity index (χ3n) is 9.26. The highest BCUT2D eigenvalue weighted by molar-refractivity contribution is 6.24. The lowest BCUT2D eigenvalue weighted by Gasteiger charge is -2.13. The van der Waals surface area contributed by atoms with Crippen LogP contribution in [0, 0.1) is 0 Å². The number of hydrogen-bond acceptors (Lipinski definition) is 2. The normalized spacial score (nSPS) is 14.3. The van der Waals surface area contributed by atoms with Crippen molar-refractivity contribution in [2.24, 2.45) is 4.99 Å². The Morgan fingerprint density at radius 1 is 0.543 bits per heavy atom. The lowest BCUT2D eigenvalue weighted by Crippen LogP contribution is -2.17. The Balaban J connectivity index is 1.33. The van der Waals surface area contributed by atoms with Gasteiger partial charge in [0.05, 0.1) is 16.6 Å².